The van der Waals surface area contributed by atoms with E-state index in [2.05, 4.69) is 0 Å². The van der Waals surface area contributed by atoms with Gasteiger partial charge in [-0.1, -0.05) is 36.4 Å². The Bertz CT molecular complexity index is 1080. The second-order valence-corrected chi connectivity index (χ2v) is 9.66. The molecule has 1 fully saturated rings. The van der Waals surface area contributed by atoms with E-state index in [0.717, 1.165) is 34.4 Å². The maximum absolute atomic E-state index is 14.3. The maximum Gasteiger partial charge on any atom is 0.253 e. The smallest absolute Gasteiger partial charge is 0.253 e. The zero-order chi connectivity index (χ0) is 21.3. The summed E-state index contributed by atoms with van der Waals surface area (Å²) in [5.41, 5.74) is 8.00. The summed E-state index contributed by atoms with van der Waals surface area (Å²) in [6.45, 7) is 3.44. The van der Waals surface area contributed by atoms with Crippen molar-refractivity contribution in [2.75, 3.05) is 13.1 Å². The molecular weight excluding hydrogens is 395 g/mol. The van der Waals surface area contributed by atoms with E-state index in [1.165, 1.54) is 6.07 Å². The first-order chi connectivity index (χ1) is 14.5. The fourth-order valence-electron chi connectivity index (χ4n) is 4.34. The number of likely N-dealkylation sites (tertiary alicyclic amines) is 1. The highest BCUT2D eigenvalue weighted by Gasteiger charge is 2.26. The van der Waals surface area contributed by atoms with Crippen LogP contribution in [0.25, 0.3) is 10.8 Å². The SMILES string of the molecule is C[Si](O)c1cccc2cc(C(=O)N3CCC(c4cc(CN)ccc4F)CC3)ccc12. The van der Waals surface area contributed by atoms with E-state index in [0.29, 0.717) is 30.8 Å². The number of carbonyl (C=O) groups excluding carboxylic acids is 1. The van der Waals surface area contributed by atoms with Crippen LogP contribution in [0.1, 0.15) is 40.2 Å². The molecule has 0 bridgehead atoms. The van der Waals surface area contributed by atoms with Crippen LogP contribution in [-0.2, 0) is 6.54 Å². The summed E-state index contributed by atoms with van der Waals surface area (Å²) in [5.74, 6) is -0.0830. The summed E-state index contributed by atoms with van der Waals surface area (Å²) >= 11 is 0. The highest BCUT2D eigenvalue weighted by molar-refractivity contribution is 6.67. The molecule has 3 aromatic rings. The van der Waals surface area contributed by atoms with Gasteiger partial charge in [0.25, 0.3) is 5.91 Å². The average Bonchev–Trinajstić information content (AvgIpc) is 2.78. The predicted molar refractivity (Wildman–Crippen MR) is 120 cm³/mol. The second kappa shape index (κ2) is 8.68. The minimum absolute atomic E-state index is 0.00274. The Kier molecular flexibility index (Phi) is 5.99. The van der Waals surface area contributed by atoms with E-state index in [-0.39, 0.29) is 17.6 Å². The van der Waals surface area contributed by atoms with Crippen LogP contribution in [0.2, 0.25) is 6.55 Å². The van der Waals surface area contributed by atoms with Gasteiger partial charge < -0.3 is 15.4 Å². The quantitative estimate of drug-likeness (QED) is 0.636. The molecule has 1 saturated heterocycles. The molecule has 155 valence electrons. The maximum atomic E-state index is 14.3. The molecule has 1 aliphatic rings. The van der Waals surface area contributed by atoms with Gasteiger partial charge in [-0.25, -0.2) is 4.39 Å². The van der Waals surface area contributed by atoms with Gasteiger partial charge >= 0.3 is 0 Å². The lowest BCUT2D eigenvalue weighted by molar-refractivity contribution is 0.0712. The summed E-state index contributed by atoms with van der Waals surface area (Å²) in [4.78, 5) is 25.0. The Hall–Kier alpha value is -2.54. The normalized spacial score (nSPS) is 15.2. The minimum atomic E-state index is -1.56. The number of benzene rings is 3. The number of amides is 1. The van der Waals surface area contributed by atoms with Crippen molar-refractivity contribution in [2.45, 2.75) is 31.9 Å². The number of halogens is 1. The van der Waals surface area contributed by atoms with Crippen LogP contribution in [0.15, 0.2) is 54.6 Å². The molecule has 1 radical (unpaired) electrons. The lowest BCUT2D eigenvalue weighted by Crippen LogP contribution is -2.38. The zero-order valence-corrected chi connectivity index (χ0v) is 18.1. The number of hydrogen-bond acceptors (Lipinski definition) is 3. The number of hydrogen-bond donors (Lipinski definition) is 2. The monoisotopic (exact) mass is 421 g/mol. The molecule has 0 saturated carbocycles. The third-order valence-electron chi connectivity index (χ3n) is 6.04. The Morgan fingerprint density at radius 2 is 1.93 bits per heavy atom. The number of piperidine rings is 1. The Balaban J connectivity index is 1.49. The van der Waals surface area contributed by atoms with Crippen molar-refractivity contribution in [1.82, 2.24) is 4.90 Å². The second-order valence-electron chi connectivity index (χ2n) is 7.95. The van der Waals surface area contributed by atoms with Crippen LogP contribution in [-0.4, -0.2) is 37.7 Å². The molecule has 0 spiro atoms. The van der Waals surface area contributed by atoms with Gasteiger partial charge in [0.05, 0.1) is 0 Å². The topological polar surface area (TPSA) is 66.6 Å². The van der Waals surface area contributed by atoms with Gasteiger partial charge in [-0.3, -0.25) is 4.79 Å². The van der Waals surface area contributed by atoms with Crippen LogP contribution >= 0.6 is 0 Å². The molecule has 0 atom stereocenters. The van der Waals surface area contributed by atoms with E-state index < -0.39 is 9.04 Å². The van der Waals surface area contributed by atoms with Gasteiger partial charge in [-0.2, -0.15) is 0 Å². The van der Waals surface area contributed by atoms with Crippen molar-refractivity contribution >= 4 is 30.9 Å². The molecule has 3 N–H and O–H groups in total. The fourth-order valence-corrected chi connectivity index (χ4v) is 5.30. The van der Waals surface area contributed by atoms with Crippen molar-refractivity contribution in [2.24, 2.45) is 5.73 Å². The first-order valence-corrected chi connectivity index (χ1v) is 12.3. The summed E-state index contributed by atoms with van der Waals surface area (Å²) in [6.07, 6.45) is 1.47. The number of rotatable bonds is 4. The number of nitrogens with zero attached hydrogens (tertiary/aromatic N) is 1. The molecule has 6 heteroatoms. The fraction of sp³-hybridized carbons (Fsp3) is 0.292. The van der Waals surface area contributed by atoms with E-state index in [9.17, 15) is 14.0 Å². The van der Waals surface area contributed by atoms with Crippen LogP contribution < -0.4 is 10.9 Å². The molecule has 4 nitrogen and oxygen atoms in total. The van der Waals surface area contributed by atoms with E-state index in [1.807, 2.05) is 53.9 Å². The Morgan fingerprint density at radius 3 is 2.63 bits per heavy atom. The molecule has 30 heavy (non-hydrogen) atoms. The van der Waals surface area contributed by atoms with Gasteiger partial charge in [0.1, 0.15) is 5.82 Å². The lowest BCUT2D eigenvalue weighted by atomic mass is 9.88. The van der Waals surface area contributed by atoms with Crippen molar-refractivity contribution < 1.29 is 14.0 Å². The van der Waals surface area contributed by atoms with Gasteiger partial charge in [-0.15, -0.1) is 0 Å². The van der Waals surface area contributed by atoms with Gasteiger partial charge in [-0.05, 0) is 70.6 Å². The first kappa shape index (κ1) is 20.7. The molecule has 3 aromatic carbocycles. The van der Waals surface area contributed by atoms with Crippen molar-refractivity contribution in [1.29, 1.82) is 0 Å². The zero-order valence-electron chi connectivity index (χ0n) is 17.1. The number of carbonyl (C=O) groups is 1. The predicted octanol–water partition coefficient (Wildman–Crippen LogP) is 3.28. The van der Waals surface area contributed by atoms with Crippen LogP contribution in [0.4, 0.5) is 4.39 Å². The third-order valence-corrected chi connectivity index (χ3v) is 7.25. The lowest BCUT2D eigenvalue weighted by Gasteiger charge is -2.32. The largest absolute Gasteiger partial charge is 0.427 e. The average molecular weight is 422 g/mol. The van der Waals surface area contributed by atoms with E-state index in [1.54, 1.807) is 6.07 Å². The summed E-state index contributed by atoms with van der Waals surface area (Å²) < 4.78 is 14.3. The molecule has 1 aliphatic heterocycles. The standard InChI is InChI=1S/C24H26FN2O2Si/c1-30(29)23-4-2-3-18-14-19(6-7-20(18)23)24(28)27-11-9-17(10-12-27)21-13-16(15-26)5-8-22(21)25/h2-8,13-14,17,29H,9-12,15,26H2,1H3. The van der Waals surface area contributed by atoms with Crippen molar-refractivity contribution in [3.05, 3.63) is 77.1 Å². The molecule has 1 amide bonds. The molecule has 0 unspecified atom stereocenters. The summed E-state index contributed by atoms with van der Waals surface area (Å²) in [6, 6.07) is 16.6. The van der Waals surface area contributed by atoms with Gasteiger partial charge in [0.15, 0.2) is 0 Å². The van der Waals surface area contributed by atoms with Crippen molar-refractivity contribution in [3.63, 3.8) is 0 Å². The molecule has 0 aliphatic carbocycles. The molecule has 4 rings (SSSR count). The highest BCUT2D eigenvalue weighted by Crippen LogP contribution is 2.31. The summed E-state index contributed by atoms with van der Waals surface area (Å²) in [7, 11) is -1.56. The highest BCUT2D eigenvalue weighted by atomic mass is 28.3. The molecule has 0 aromatic heterocycles. The Labute approximate surface area is 177 Å². The van der Waals surface area contributed by atoms with Crippen LogP contribution in [0, 0.1) is 5.82 Å². The van der Waals surface area contributed by atoms with Crippen molar-refractivity contribution in [3.8, 4) is 0 Å². The first-order valence-electron chi connectivity index (χ1n) is 10.3. The molecular formula is C24H26FN2O2Si. The van der Waals surface area contributed by atoms with E-state index >= 15 is 0 Å². The van der Waals surface area contributed by atoms with Gasteiger partial charge in [0.2, 0.25) is 9.04 Å². The number of nitrogens with two attached hydrogens (primary N) is 1. The van der Waals surface area contributed by atoms with Crippen LogP contribution in [0.5, 0.6) is 0 Å². The van der Waals surface area contributed by atoms with Gasteiger partial charge in [0, 0.05) is 25.2 Å². The van der Waals surface area contributed by atoms with Crippen LogP contribution in [0.3, 0.4) is 0 Å². The van der Waals surface area contributed by atoms with E-state index in [4.69, 9.17) is 5.73 Å². The number of fused-ring (bicyclic) bond motifs is 1. The minimum Gasteiger partial charge on any atom is -0.427 e. The Morgan fingerprint density at radius 1 is 1.17 bits per heavy atom. The third kappa shape index (κ3) is 4.03. The molecule has 1 heterocycles. The summed E-state index contributed by atoms with van der Waals surface area (Å²) in [5, 5.41) is 2.92.